The molecular formula is C16H10Cl2N2O3. The standard InChI is InChI=1S/C16H10Cl2N2O3/c17-12-6-5-10(8-13(12)18)19-15(21)11-7-9-3-1-2-4-14(9)23-16(11)20-22/h1-8,22H,(H,19,21)/b20-16+. The minimum atomic E-state index is -0.495. The maximum Gasteiger partial charge on any atom is 0.268 e. The predicted molar refractivity (Wildman–Crippen MR) is 88.0 cm³/mol. The molecule has 3 rings (SSSR count). The van der Waals surface area contributed by atoms with Gasteiger partial charge in [0.1, 0.15) is 11.1 Å². The second kappa shape index (κ2) is 6.32. The summed E-state index contributed by atoms with van der Waals surface area (Å²) in [5, 5.41) is 16.2. The molecule has 5 nitrogen and oxygen atoms in total. The highest BCUT2D eigenvalue weighted by molar-refractivity contribution is 6.42. The number of halogens is 2. The molecule has 0 bridgehead atoms. The Bertz CT molecular complexity index is 967. The lowest BCUT2D eigenvalue weighted by molar-refractivity contribution is 0.102. The van der Waals surface area contributed by atoms with Gasteiger partial charge >= 0.3 is 0 Å². The molecule has 23 heavy (non-hydrogen) atoms. The van der Waals surface area contributed by atoms with Crippen LogP contribution in [-0.4, -0.2) is 11.1 Å². The predicted octanol–water partition coefficient (Wildman–Crippen LogP) is 4.28. The van der Waals surface area contributed by atoms with E-state index in [4.69, 9.17) is 32.8 Å². The van der Waals surface area contributed by atoms with E-state index in [1.165, 1.54) is 6.07 Å². The summed E-state index contributed by atoms with van der Waals surface area (Å²) in [6.45, 7) is 0. The number of amides is 1. The molecule has 3 aromatic rings. The Hall–Kier alpha value is -2.50. The average Bonchev–Trinajstić information content (AvgIpc) is 2.57. The molecular weight excluding hydrogens is 339 g/mol. The van der Waals surface area contributed by atoms with Gasteiger partial charge in [-0.05, 0) is 35.5 Å². The highest BCUT2D eigenvalue weighted by Crippen LogP contribution is 2.25. The number of para-hydroxylation sites is 1. The van der Waals surface area contributed by atoms with Crippen LogP contribution in [-0.2, 0) is 0 Å². The van der Waals surface area contributed by atoms with E-state index in [1.807, 2.05) is 6.07 Å². The van der Waals surface area contributed by atoms with Gasteiger partial charge in [0.2, 0.25) is 0 Å². The van der Waals surface area contributed by atoms with Crippen LogP contribution in [0, 0.1) is 0 Å². The molecule has 0 aliphatic heterocycles. The smallest absolute Gasteiger partial charge is 0.268 e. The van der Waals surface area contributed by atoms with Crippen molar-refractivity contribution in [2.24, 2.45) is 5.16 Å². The molecule has 0 spiro atoms. The number of anilines is 1. The first-order chi connectivity index (χ1) is 11.1. The Labute approximate surface area is 140 Å². The number of carbonyl (C=O) groups excluding carboxylic acids is 1. The largest absolute Gasteiger partial charge is 0.435 e. The highest BCUT2D eigenvalue weighted by atomic mass is 35.5. The third kappa shape index (κ3) is 3.16. The Morgan fingerprint density at radius 2 is 1.87 bits per heavy atom. The van der Waals surface area contributed by atoms with Crippen LogP contribution in [0.5, 0.6) is 0 Å². The lowest BCUT2D eigenvalue weighted by Crippen LogP contribution is -2.21. The maximum absolute atomic E-state index is 12.4. The second-order valence-electron chi connectivity index (χ2n) is 4.69. The van der Waals surface area contributed by atoms with Gasteiger partial charge in [-0.15, -0.1) is 0 Å². The summed E-state index contributed by atoms with van der Waals surface area (Å²) < 4.78 is 5.42. The van der Waals surface area contributed by atoms with Crippen LogP contribution < -0.4 is 10.9 Å². The molecule has 7 heteroatoms. The van der Waals surface area contributed by atoms with Crippen LogP contribution in [0.1, 0.15) is 10.4 Å². The number of rotatable bonds is 2. The summed E-state index contributed by atoms with van der Waals surface area (Å²) in [5.74, 6) is -0.495. The minimum Gasteiger partial charge on any atom is -0.435 e. The zero-order valence-electron chi connectivity index (χ0n) is 11.6. The molecule has 0 atom stereocenters. The summed E-state index contributed by atoms with van der Waals surface area (Å²) in [7, 11) is 0. The summed E-state index contributed by atoms with van der Waals surface area (Å²) in [6, 6.07) is 13.4. The maximum atomic E-state index is 12.4. The molecule has 1 aromatic heterocycles. The van der Waals surface area contributed by atoms with Gasteiger partial charge in [0.25, 0.3) is 11.5 Å². The Balaban J connectivity index is 2.01. The Morgan fingerprint density at radius 3 is 2.61 bits per heavy atom. The van der Waals surface area contributed by atoms with E-state index in [0.717, 1.165) is 0 Å². The summed E-state index contributed by atoms with van der Waals surface area (Å²) in [6.07, 6.45) is 0. The summed E-state index contributed by atoms with van der Waals surface area (Å²) in [5.41, 5.74) is 0.881. The van der Waals surface area contributed by atoms with Crippen molar-refractivity contribution in [3.63, 3.8) is 0 Å². The van der Waals surface area contributed by atoms with Crippen LogP contribution in [0.4, 0.5) is 5.69 Å². The third-order valence-electron chi connectivity index (χ3n) is 3.17. The molecule has 0 saturated heterocycles. The van der Waals surface area contributed by atoms with E-state index >= 15 is 0 Å². The van der Waals surface area contributed by atoms with Gasteiger partial charge in [-0.2, -0.15) is 0 Å². The van der Waals surface area contributed by atoms with Crippen LogP contribution in [0.3, 0.4) is 0 Å². The third-order valence-corrected chi connectivity index (χ3v) is 3.91. The van der Waals surface area contributed by atoms with Gasteiger partial charge in [-0.1, -0.05) is 41.4 Å². The normalized spacial score (nSPS) is 11.7. The van der Waals surface area contributed by atoms with Crippen molar-refractivity contribution in [3.8, 4) is 0 Å². The van der Waals surface area contributed by atoms with Crippen molar-refractivity contribution in [1.82, 2.24) is 0 Å². The second-order valence-corrected chi connectivity index (χ2v) is 5.50. The molecule has 1 amide bonds. The SMILES string of the molecule is O=C(Nc1ccc(Cl)c(Cl)c1)c1cc2ccccc2o/c1=N/O. The lowest BCUT2D eigenvalue weighted by Gasteiger charge is -2.07. The molecule has 2 N–H and O–H groups in total. The molecule has 1 heterocycles. The highest BCUT2D eigenvalue weighted by Gasteiger charge is 2.13. The quantitative estimate of drug-likeness (QED) is 0.536. The van der Waals surface area contributed by atoms with Crippen LogP contribution in [0.15, 0.2) is 58.1 Å². The van der Waals surface area contributed by atoms with Crippen molar-refractivity contribution in [2.75, 3.05) is 5.32 Å². The van der Waals surface area contributed by atoms with E-state index in [1.54, 1.807) is 36.4 Å². The molecule has 0 radical (unpaired) electrons. The number of nitrogens with zero attached hydrogens (tertiary/aromatic N) is 1. The molecule has 116 valence electrons. The van der Waals surface area contributed by atoms with E-state index in [2.05, 4.69) is 10.5 Å². The number of nitrogens with one attached hydrogen (secondary N) is 1. The van der Waals surface area contributed by atoms with Gasteiger partial charge in [-0.3, -0.25) is 4.79 Å². The van der Waals surface area contributed by atoms with Crippen molar-refractivity contribution in [3.05, 3.63) is 69.7 Å². The molecule has 0 aliphatic carbocycles. The number of hydrogen-bond acceptors (Lipinski definition) is 4. The molecule has 0 saturated carbocycles. The zero-order valence-corrected chi connectivity index (χ0v) is 13.1. The minimum absolute atomic E-state index is 0.0947. The van der Waals surface area contributed by atoms with E-state index < -0.39 is 5.91 Å². The van der Waals surface area contributed by atoms with Gasteiger partial charge in [-0.25, -0.2) is 0 Å². The van der Waals surface area contributed by atoms with Gasteiger partial charge < -0.3 is 14.9 Å². The van der Waals surface area contributed by atoms with Gasteiger partial charge in [0.15, 0.2) is 0 Å². The fourth-order valence-electron chi connectivity index (χ4n) is 2.08. The first kappa shape index (κ1) is 15.4. The number of hydrogen-bond donors (Lipinski definition) is 2. The number of carbonyl (C=O) groups is 1. The van der Waals surface area contributed by atoms with Crippen LogP contribution >= 0.6 is 23.2 Å². The first-order valence-corrected chi connectivity index (χ1v) is 7.31. The molecule has 0 fully saturated rings. The van der Waals surface area contributed by atoms with Gasteiger partial charge in [0, 0.05) is 11.1 Å². The first-order valence-electron chi connectivity index (χ1n) is 6.56. The summed E-state index contributed by atoms with van der Waals surface area (Å²) in [4.78, 5) is 12.4. The van der Waals surface area contributed by atoms with E-state index in [-0.39, 0.29) is 11.1 Å². The number of benzene rings is 2. The van der Waals surface area contributed by atoms with E-state index in [0.29, 0.717) is 26.7 Å². The zero-order chi connectivity index (χ0) is 16.4. The van der Waals surface area contributed by atoms with Crippen molar-refractivity contribution in [2.45, 2.75) is 0 Å². The van der Waals surface area contributed by atoms with Crippen molar-refractivity contribution in [1.29, 1.82) is 0 Å². The fourth-order valence-corrected chi connectivity index (χ4v) is 2.38. The molecule has 2 aromatic carbocycles. The Kier molecular flexibility index (Phi) is 4.23. The Morgan fingerprint density at radius 1 is 1.09 bits per heavy atom. The lowest BCUT2D eigenvalue weighted by atomic mass is 10.1. The monoisotopic (exact) mass is 348 g/mol. The molecule has 0 aliphatic rings. The van der Waals surface area contributed by atoms with Crippen molar-refractivity contribution >= 4 is 45.8 Å². The average molecular weight is 349 g/mol. The van der Waals surface area contributed by atoms with E-state index in [9.17, 15) is 4.79 Å². The topological polar surface area (TPSA) is 74.8 Å². The fraction of sp³-hybridized carbons (Fsp3) is 0. The number of fused-ring (bicyclic) bond motifs is 1. The van der Waals surface area contributed by atoms with Crippen LogP contribution in [0.25, 0.3) is 11.0 Å². The van der Waals surface area contributed by atoms with Gasteiger partial charge in [0.05, 0.1) is 10.0 Å². The van der Waals surface area contributed by atoms with Crippen LogP contribution in [0.2, 0.25) is 10.0 Å². The van der Waals surface area contributed by atoms with Crippen molar-refractivity contribution < 1.29 is 14.4 Å². The summed E-state index contributed by atoms with van der Waals surface area (Å²) >= 11 is 11.8. The molecule has 0 unspecified atom stereocenters.